The average Bonchev–Trinajstić information content (AvgIpc) is 3.17. The Morgan fingerprint density at radius 2 is 2.03 bits per heavy atom. The number of rotatable bonds is 3. The molecule has 1 unspecified atom stereocenters. The van der Waals surface area contributed by atoms with Crippen LogP contribution >= 0.6 is 0 Å². The molecule has 2 aromatic heterocycles. The Kier molecular flexibility index (Phi) is 5.35. The summed E-state index contributed by atoms with van der Waals surface area (Å²) in [4.78, 5) is 33.1. The maximum atomic E-state index is 14.6. The topological polar surface area (TPSA) is 84.7 Å². The molecule has 0 bridgehead atoms. The smallest absolute Gasteiger partial charge is 0.309 e. The van der Waals surface area contributed by atoms with Crippen molar-refractivity contribution < 1.29 is 19.0 Å². The summed E-state index contributed by atoms with van der Waals surface area (Å²) in [6.45, 7) is 6.10. The average molecular weight is 490 g/mol. The molecule has 7 nitrogen and oxygen atoms in total. The molecule has 8 heteroatoms. The zero-order valence-corrected chi connectivity index (χ0v) is 20.4. The van der Waals surface area contributed by atoms with Crippen molar-refractivity contribution in [2.75, 3.05) is 13.1 Å². The van der Waals surface area contributed by atoms with Gasteiger partial charge in [-0.25, -0.2) is 9.37 Å². The first kappa shape index (κ1) is 23.1. The van der Waals surface area contributed by atoms with E-state index in [2.05, 4.69) is 17.1 Å². The predicted octanol–water partition coefficient (Wildman–Crippen LogP) is 3.68. The third kappa shape index (κ3) is 3.50. The van der Waals surface area contributed by atoms with Crippen molar-refractivity contribution in [1.82, 2.24) is 14.5 Å². The normalized spacial score (nSPS) is 21.2. The van der Waals surface area contributed by atoms with Crippen molar-refractivity contribution in [2.24, 2.45) is 0 Å². The lowest BCUT2D eigenvalue weighted by Crippen LogP contribution is -2.32. The van der Waals surface area contributed by atoms with Crippen molar-refractivity contribution in [1.29, 1.82) is 0 Å². The number of nitrogens with zero attached hydrogens (tertiary/aromatic N) is 3. The molecule has 3 aliphatic heterocycles. The van der Waals surface area contributed by atoms with E-state index in [1.165, 1.54) is 6.07 Å². The van der Waals surface area contributed by atoms with Gasteiger partial charge in [0.15, 0.2) is 0 Å². The second-order valence-corrected chi connectivity index (χ2v) is 10.1. The fourth-order valence-electron chi connectivity index (χ4n) is 5.73. The van der Waals surface area contributed by atoms with Gasteiger partial charge >= 0.3 is 5.97 Å². The Labute approximate surface area is 207 Å². The van der Waals surface area contributed by atoms with Gasteiger partial charge in [0, 0.05) is 36.7 Å². The van der Waals surface area contributed by atoms with Crippen LogP contribution in [0.1, 0.15) is 54.0 Å². The number of pyridine rings is 2. The second kappa shape index (κ2) is 8.35. The van der Waals surface area contributed by atoms with E-state index in [0.717, 1.165) is 36.0 Å². The van der Waals surface area contributed by atoms with Gasteiger partial charge in [0.05, 0.1) is 35.4 Å². The number of ether oxygens (including phenoxy) is 1. The Morgan fingerprint density at radius 3 is 2.78 bits per heavy atom. The summed E-state index contributed by atoms with van der Waals surface area (Å²) in [5.41, 5.74) is 3.22. The molecule has 6 rings (SSSR count). The molecule has 0 amide bonds. The maximum Gasteiger partial charge on any atom is 0.309 e. The lowest BCUT2D eigenvalue weighted by Gasteiger charge is -2.26. The van der Waals surface area contributed by atoms with E-state index in [1.807, 2.05) is 6.07 Å². The van der Waals surface area contributed by atoms with Crippen LogP contribution in [0, 0.1) is 12.7 Å². The minimum Gasteiger partial charge on any atom is -0.460 e. The van der Waals surface area contributed by atoms with Crippen LogP contribution in [0.3, 0.4) is 0 Å². The highest BCUT2D eigenvalue weighted by atomic mass is 19.1. The molecule has 0 saturated heterocycles. The minimum absolute atomic E-state index is 0.168. The van der Waals surface area contributed by atoms with Crippen LogP contribution < -0.4 is 5.56 Å². The molecule has 3 aromatic rings. The molecule has 0 saturated carbocycles. The summed E-state index contributed by atoms with van der Waals surface area (Å²) in [6.07, 6.45) is 5.35. The quantitative estimate of drug-likeness (QED) is 0.349. The van der Waals surface area contributed by atoms with E-state index >= 15 is 0 Å². The number of carbonyl (C=O) groups is 1. The first-order chi connectivity index (χ1) is 17.3. The minimum atomic E-state index is -1.50. The molecule has 36 heavy (non-hydrogen) atoms. The van der Waals surface area contributed by atoms with Gasteiger partial charge in [-0.1, -0.05) is 19.1 Å². The fourth-order valence-corrected chi connectivity index (χ4v) is 5.73. The monoisotopic (exact) mass is 489 g/mol. The highest BCUT2D eigenvalue weighted by Crippen LogP contribution is 2.41. The van der Waals surface area contributed by atoms with Crippen molar-refractivity contribution in [3.8, 4) is 11.4 Å². The van der Waals surface area contributed by atoms with Gasteiger partial charge in [0.1, 0.15) is 18.0 Å². The number of aliphatic hydroxyl groups is 1. The van der Waals surface area contributed by atoms with Crippen LogP contribution in [-0.4, -0.2) is 38.6 Å². The zero-order chi connectivity index (χ0) is 25.2. The Balaban J connectivity index is 1.59. The molecule has 0 aliphatic carbocycles. The lowest BCUT2D eigenvalue weighted by molar-refractivity contribution is -0.149. The number of halogens is 1. The van der Waals surface area contributed by atoms with E-state index < -0.39 is 11.6 Å². The van der Waals surface area contributed by atoms with E-state index in [1.54, 1.807) is 24.5 Å². The Bertz CT molecular complexity index is 1530. The number of cyclic esters (lactones) is 1. The van der Waals surface area contributed by atoms with Gasteiger partial charge in [-0.2, -0.15) is 0 Å². The van der Waals surface area contributed by atoms with E-state index in [0.29, 0.717) is 46.7 Å². The highest BCUT2D eigenvalue weighted by Gasteiger charge is 2.40. The van der Waals surface area contributed by atoms with Gasteiger partial charge in [-0.15, -0.1) is 0 Å². The third-order valence-corrected chi connectivity index (χ3v) is 7.87. The molecule has 0 radical (unpaired) electrons. The predicted molar refractivity (Wildman–Crippen MR) is 133 cm³/mol. The van der Waals surface area contributed by atoms with E-state index in [-0.39, 0.29) is 30.8 Å². The van der Waals surface area contributed by atoms with Gasteiger partial charge in [0.2, 0.25) is 0 Å². The fraction of sp³-hybridized carbons (Fsp3) is 0.393. The van der Waals surface area contributed by atoms with Crippen molar-refractivity contribution in [3.63, 3.8) is 0 Å². The van der Waals surface area contributed by atoms with Crippen molar-refractivity contribution in [3.05, 3.63) is 74.3 Å². The van der Waals surface area contributed by atoms with Crippen LogP contribution in [0.15, 0.2) is 35.1 Å². The van der Waals surface area contributed by atoms with Gasteiger partial charge < -0.3 is 14.4 Å². The summed E-state index contributed by atoms with van der Waals surface area (Å²) in [6, 6.07) is 5.10. The summed E-state index contributed by atoms with van der Waals surface area (Å²) >= 11 is 0. The SMILES string of the molecule is CCC1(O)CC(=O)OCc2c1cc1n(c2=O)Cc2c-1nc1cc(F)c(C)cc1c2CN1CC=CCC1. The van der Waals surface area contributed by atoms with Crippen LogP contribution in [0.5, 0.6) is 0 Å². The van der Waals surface area contributed by atoms with E-state index in [4.69, 9.17) is 9.72 Å². The largest absolute Gasteiger partial charge is 0.460 e. The first-order valence-corrected chi connectivity index (χ1v) is 12.4. The number of fused-ring (bicyclic) bond motifs is 5. The number of esters is 1. The standard InChI is InChI=1S/C28H28FN3O4/c1-3-28(35)12-25(33)36-15-20-21(28)10-24-26-19(14-32(24)27(20)34)18(13-31-7-5-4-6-8-31)17-9-16(2)22(29)11-23(17)30-26/h4-5,9-11,35H,3,6-8,12-15H2,1-2H3. The molecule has 186 valence electrons. The number of aryl methyl sites for hydroxylation is 1. The number of aromatic nitrogens is 2. The molecule has 3 aliphatic rings. The molecule has 1 atom stereocenters. The number of benzene rings is 1. The summed E-state index contributed by atoms with van der Waals surface area (Å²) in [7, 11) is 0. The summed E-state index contributed by atoms with van der Waals surface area (Å²) in [5, 5.41) is 12.3. The Hall–Kier alpha value is -3.36. The second-order valence-electron chi connectivity index (χ2n) is 10.1. The number of hydrogen-bond acceptors (Lipinski definition) is 6. The summed E-state index contributed by atoms with van der Waals surface area (Å²) < 4.78 is 21.5. The number of hydrogen-bond donors (Lipinski definition) is 1. The molecule has 5 heterocycles. The Morgan fingerprint density at radius 1 is 1.19 bits per heavy atom. The zero-order valence-electron chi connectivity index (χ0n) is 20.4. The lowest BCUT2D eigenvalue weighted by atomic mass is 9.85. The third-order valence-electron chi connectivity index (χ3n) is 7.87. The molecule has 1 aromatic carbocycles. The van der Waals surface area contributed by atoms with Crippen LogP contribution in [0.25, 0.3) is 22.3 Å². The molecule has 1 N–H and O–H groups in total. The molecular weight excluding hydrogens is 461 g/mol. The van der Waals surface area contributed by atoms with Crippen LogP contribution in [0.4, 0.5) is 4.39 Å². The van der Waals surface area contributed by atoms with Gasteiger partial charge in [-0.3, -0.25) is 14.5 Å². The van der Waals surface area contributed by atoms with Gasteiger partial charge in [0.25, 0.3) is 5.56 Å². The highest BCUT2D eigenvalue weighted by molar-refractivity contribution is 5.88. The number of carbonyl (C=O) groups excluding carboxylic acids is 1. The molecule has 0 fully saturated rings. The van der Waals surface area contributed by atoms with E-state index in [9.17, 15) is 19.1 Å². The molecule has 0 spiro atoms. The molecular formula is C28H28FN3O4. The van der Waals surface area contributed by atoms with Crippen molar-refractivity contribution in [2.45, 2.75) is 58.4 Å². The summed E-state index contributed by atoms with van der Waals surface area (Å²) in [5.74, 6) is -0.858. The van der Waals surface area contributed by atoms with Gasteiger partial charge in [-0.05, 0) is 48.6 Å². The first-order valence-electron chi connectivity index (χ1n) is 12.4. The van der Waals surface area contributed by atoms with Crippen molar-refractivity contribution >= 4 is 16.9 Å². The van der Waals surface area contributed by atoms with Crippen LogP contribution in [-0.2, 0) is 34.8 Å². The maximum absolute atomic E-state index is 14.6. The van der Waals surface area contributed by atoms with Crippen LogP contribution in [0.2, 0.25) is 0 Å².